The number of hydrogen-bond donors (Lipinski definition) is 1. The van der Waals surface area contributed by atoms with E-state index in [9.17, 15) is 4.79 Å². The Morgan fingerprint density at radius 1 is 1.05 bits per heavy atom. The van der Waals surface area contributed by atoms with Crippen molar-refractivity contribution in [2.24, 2.45) is 7.05 Å². The van der Waals surface area contributed by atoms with Gasteiger partial charge in [0.1, 0.15) is 0 Å². The topological polar surface area (TPSA) is 73.0 Å². The van der Waals surface area contributed by atoms with Crippen LogP contribution in [0.25, 0.3) is 34.7 Å². The first-order chi connectivity index (χ1) is 17.7. The Bertz CT molecular complexity index is 1580. The molecular formula is C31H36N4O2. The van der Waals surface area contributed by atoms with Crippen molar-refractivity contribution in [3.63, 3.8) is 0 Å². The Morgan fingerprint density at radius 2 is 1.73 bits per heavy atom. The van der Waals surface area contributed by atoms with Crippen molar-refractivity contribution in [3.05, 3.63) is 92.7 Å². The predicted molar refractivity (Wildman–Crippen MR) is 154 cm³/mol. The number of pyridine rings is 1. The Kier molecular flexibility index (Phi) is 9.01. The second-order valence-electron chi connectivity index (χ2n) is 9.18. The highest BCUT2D eigenvalue weighted by Gasteiger charge is 2.13. The summed E-state index contributed by atoms with van der Waals surface area (Å²) in [6.45, 7) is 16.1. The smallest absolute Gasteiger partial charge is 0.320 e. The highest BCUT2D eigenvalue weighted by Crippen LogP contribution is 2.27. The molecular weight excluding hydrogens is 460 g/mol. The number of benzene rings is 2. The van der Waals surface area contributed by atoms with Crippen LogP contribution in [0.1, 0.15) is 45.2 Å². The van der Waals surface area contributed by atoms with Crippen LogP contribution in [-0.4, -0.2) is 14.8 Å². The number of aromatic nitrogens is 3. The van der Waals surface area contributed by atoms with Crippen LogP contribution in [0.3, 0.4) is 0 Å². The molecule has 0 aliphatic carbocycles. The maximum atomic E-state index is 13.3. The average Bonchev–Trinajstić information content (AvgIpc) is 3.33. The van der Waals surface area contributed by atoms with Crippen molar-refractivity contribution in [1.82, 2.24) is 14.8 Å². The van der Waals surface area contributed by atoms with Gasteiger partial charge in [-0.15, -0.1) is 5.10 Å². The van der Waals surface area contributed by atoms with Gasteiger partial charge in [0.25, 0.3) is 5.56 Å². The lowest BCUT2D eigenvalue weighted by Crippen LogP contribution is -2.42. The van der Waals surface area contributed by atoms with Crippen molar-refractivity contribution in [2.45, 2.75) is 48.0 Å². The van der Waals surface area contributed by atoms with Gasteiger partial charge in [-0.3, -0.25) is 4.79 Å². The van der Waals surface area contributed by atoms with Gasteiger partial charge in [-0.05, 0) is 80.4 Å². The van der Waals surface area contributed by atoms with E-state index in [1.54, 1.807) is 11.6 Å². The van der Waals surface area contributed by atoms with E-state index in [0.29, 0.717) is 11.5 Å². The second kappa shape index (κ2) is 12.2. The van der Waals surface area contributed by atoms with Crippen LogP contribution in [0.2, 0.25) is 0 Å². The highest BCUT2D eigenvalue weighted by atomic mass is 16.4. The molecule has 0 radical (unpaired) electrons. The van der Waals surface area contributed by atoms with Gasteiger partial charge in [0.2, 0.25) is 5.89 Å². The highest BCUT2D eigenvalue weighted by molar-refractivity contribution is 5.72. The average molecular weight is 497 g/mol. The normalized spacial score (nSPS) is 11.8. The Hall–Kier alpha value is -4.19. The number of rotatable bonds is 5. The van der Waals surface area contributed by atoms with Crippen LogP contribution in [-0.2, 0) is 7.05 Å². The molecule has 0 unspecified atom stereocenters. The number of nitrogens with zero attached hydrogens (tertiary/aromatic N) is 3. The summed E-state index contributed by atoms with van der Waals surface area (Å²) in [5, 5.41) is 13.2. The number of nitrogens with one attached hydrogen (secondary N) is 1. The molecule has 0 aliphatic heterocycles. The van der Waals surface area contributed by atoms with Crippen molar-refractivity contribution >= 4 is 23.9 Å². The zero-order chi connectivity index (χ0) is 27.1. The SMILES string of the molecule is C=C(C)/C=c1\c(=C/C)cc(-c2cc(Nc3nnc(-c4ccc(C)cc4)o3)ccc2C)c(=O)n1C.CCC. The van der Waals surface area contributed by atoms with E-state index in [0.717, 1.165) is 44.1 Å². The lowest BCUT2D eigenvalue weighted by Gasteiger charge is -2.11. The molecule has 2 heterocycles. The fourth-order valence-electron chi connectivity index (χ4n) is 3.81. The summed E-state index contributed by atoms with van der Waals surface area (Å²) < 4.78 is 7.48. The monoisotopic (exact) mass is 496 g/mol. The number of anilines is 2. The molecule has 37 heavy (non-hydrogen) atoms. The largest absolute Gasteiger partial charge is 0.403 e. The third-order valence-corrected chi connectivity index (χ3v) is 5.69. The maximum Gasteiger partial charge on any atom is 0.320 e. The summed E-state index contributed by atoms with van der Waals surface area (Å²) in [5.41, 5.74) is 6.04. The molecule has 0 atom stereocenters. The molecule has 0 spiro atoms. The van der Waals surface area contributed by atoms with Gasteiger partial charge >= 0.3 is 6.01 Å². The molecule has 6 nitrogen and oxygen atoms in total. The van der Waals surface area contributed by atoms with Crippen LogP contribution >= 0.6 is 0 Å². The molecule has 192 valence electrons. The van der Waals surface area contributed by atoms with Gasteiger partial charge in [-0.1, -0.05) is 67.4 Å². The minimum Gasteiger partial charge on any atom is -0.403 e. The van der Waals surface area contributed by atoms with Crippen LogP contribution in [0.4, 0.5) is 11.7 Å². The fourth-order valence-corrected chi connectivity index (χ4v) is 3.81. The zero-order valence-corrected chi connectivity index (χ0v) is 22.8. The quantitative estimate of drug-likeness (QED) is 0.365. The van der Waals surface area contributed by atoms with Gasteiger partial charge < -0.3 is 14.3 Å². The van der Waals surface area contributed by atoms with Crippen LogP contribution in [0, 0.1) is 13.8 Å². The van der Waals surface area contributed by atoms with Gasteiger partial charge in [-0.2, -0.15) is 0 Å². The number of allylic oxidation sites excluding steroid dienone is 1. The van der Waals surface area contributed by atoms with E-state index in [4.69, 9.17) is 4.42 Å². The molecule has 4 aromatic rings. The van der Waals surface area contributed by atoms with E-state index in [1.165, 1.54) is 6.42 Å². The van der Waals surface area contributed by atoms with Crippen molar-refractivity contribution < 1.29 is 4.42 Å². The first kappa shape index (κ1) is 27.4. The summed E-state index contributed by atoms with van der Waals surface area (Å²) in [7, 11) is 1.79. The molecule has 0 fully saturated rings. The van der Waals surface area contributed by atoms with Gasteiger partial charge in [0.05, 0.1) is 5.35 Å². The molecule has 0 saturated carbocycles. The maximum absolute atomic E-state index is 13.3. The van der Waals surface area contributed by atoms with E-state index in [2.05, 4.69) is 35.9 Å². The first-order valence-corrected chi connectivity index (χ1v) is 12.5. The van der Waals surface area contributed by atoms with E-state index in [-0.39, 0.29) is 11.6 Å². The lowest BCUT2D eigenvalue weighted by atomic mass is 10.00. The summed E-state index contributed by atoms with van der Waals surface area (Å²) in [6.07, 6.45) is 5.17. The minimum absolute atomic E-state index is 0.0715. The fraction of sp³-hybridized carbons (Fsp3) is 0.258. The molecule has 2 aromatic heterocycles. The molecule has 4 rings (SSSR count). The van der Waals surface area contributed by atoms with Gasteiger partial charge in [0, 0.05) is 23.9 Å². The lowest BCUT2D eigenvalue weighted by molar-refractivity contribution is 0.587. The molecule has 0 aliphatic rings. The zero-order valence-electron chi connectivity index (χ0n) is 22.8. The molecule has 0 saturated heterocycles. The Morgan fingerprint density at radius 3 is 2.35 bits per heavy atom. The summed E-state index contributed by atoms with van der Waals surface area (Å²) in [4.78, 5) is 13.3. The van der Waals surface area contributed by atoms with Crippen LogP contribution < -0.4 is 21.4 Å². The van der Waals surface area contributed by atoms with Crippen LogP contribution in [0.15, 0.2) is 69.9 Å². The van der Waals surface area contributed by atoms with Crippen molar-refractivity contribution in [2.75, 3.05) is 5.32 Å². The molecule has 0 bridgehead atoms. The van der Waals surface area contributed by atoms with E-state index < -0.39 is 0 Å². The molecule has 0 amide bonds. The van der Waals surface area contributed by atoms with Gasteiger partial charge in [0.15, 0.2) is 0 Å². The Balaban J connectivity index is 0.00000121. The van der Waals surface area contributed by atoms with E-state index in [1.807, 2.05) is 88.4 Å². The Labute approximate surface area is 218 Å². The third-order valence-electron chi connectivity index (χ3n) is 5.69. The van der Waals surface area contributed by atoms with Crippen molar-refractivity contribution in [3.8, 4) is 22.6 Å². The molecule has 6 heteroatoms. The molecule has 2 aromatic carbocycles. The first-order valence-electron chi connectivity index (χ1n) is 12.5. The van der Waals surface area contributed by atoms with Crippen molar-refractivity contribution in [1.29, 1.82) is 0 Å². The number of aryl methyl sites for hydroxylation is 2. The van der Waals surface area contributed by atoms with Crippen LogP contribution in [0.5, 0.6) is 0 Å². The van der Waals surface area contributed by atoms with E-state index >= 15 is 0 Å². The number of hydrogen-bond acceptors (Lipinski definition) is 5. The summed E-state index contributed by atoms with van der Waals surface area (Å²) in [6, 6.07) is 15.9. The standard InChI is InChI=1S/C28H28N4O2.C3H8/c1-7-20-15-24(27(33)32(6)25(20)14-17(2)3)23-16-22(13-10-19(23)5)29-28-31-30-26(34-28)21-11-8-18(4)9-12-21;1-3-2/h7-16H,2H2,1,3-6H3,(H,29,31);3H2,1-2H3/b20-7-,25-14+;. The third kappa shape index (κ3) is 6.53. The minimum atomic E-state index is -0.0715. The second-order valence-corrected chi connectivity index (χ2v) is 9.18. The van der Waals surface area contributed by atoms with Gasteiger partial charge in [-0.25, -0.2) is 0 Å². The predicted octanol–water partition coefficient (Wildman–Crippen LogP) is 6.04. The molecule has 1 N–H and O–H groups in total. The summed E-state index contributed by atoms with van der Waals surface area (Å²) >= 11 is 0. The summed E-state index contributed by atoms with van der Waals surface area (Å²) in [5.74, 6) is 0.441.